The van der Waals surface area contributed by atoms with E-state index in [4.69, 9.17) is 10.2 Å². The molecule has 0 radical (unpaired) electrons. The molecule has 150 valence electrons. The summed E-state index contributed by atoms with van der Waals surface area (Å²) in [6.45, 7) is -2.78. The van der Waals surface area contributed by atoms with Crippen LogP contribution in [0.25, 0.3) is 0 Å². The van der Waals surface area contributed by atoms with Gasteiger partial charge in [0.2, 0.25) is 0 Å². The number of hydrogen-bond donors (Lipinski definition) is 2. The van der Waals surface area contributed by atoms with Crippen molar-refractivity contribution >= 4 is 0 Å². The van der Waals surface area contributed by atoms with Gasteiger partial charge in [-0.2, -0.15) is 0 Å². The Balaban J connectivity index is 0.000000277. The minimum absolute atomic E-state index is 0.0871. The van der Waals surface area contributed by atoms with Crippen molar-refractivity contribution in [3.05, 3.63) is 69.3 Å². The molecule has 27 heavy (non-hydrogen) atoms. The highest BCUT2D eigenvalue weighted by Gasteiger charge is 2.24. The van der Waals surface area contributed by atoms with Crippen LogP contribution >= 0.6 is 0 Å². The predicted molar refractivity (Wildman–Crippen MR) is 75.1 cm³/mol. The van der Waals surface area contributed by atoms with Crippen molar-refractivity contribution in [2.75, 3.05) is 7.11 Å². The first kappa shape index (κ1) is 22.8. The van der Waals surface area contributed by atoms with Crippen molar-refractivity contribution in [2.45, 2.75) is 19.8 Å². The van der Waals surface area contributed by atoms with Gasteiger partial charge in [0.15, 0.2) is 46.5 Å². The molecule has 0 fully saturated rings. The molecule has 0 heterocycles. The highest BCUT2D eigenvalue weighted by atomic mass is 19.2. The van der Waals surface area contributed by atoms with Crippen molar-refractivity contribution in [2.24, 2.45) is 0 Å². The maximum absolute atomic E-state index is 13.1. The number of methoxy groups -OCH3 is 1. The molecule has 2 aromatic carbocycles. The molecule has 0 saturated heterocycles. The lowest BCUT2D eigenvalue weighted by molar-refractivity contribution is 0.174. The first-order valence-electron chi connectivity index (χ1n) is 6.98. The second kappa shape index (κ2) is 9.62. The highest BCUT2D eigenvalue weighted by molar-refractivity contribution is 5.29. The Kier molecular flexibility index (Phi) is 8.13. The van der Waals surface area contributed by atoms with E-state index in [0.29, 0.717) is 0 Å². The smallest absolute Gasteiger partial charge is 0.167 e. The lowest BCUT2D eigenvalue weighted by atomic mass is 10.1. The third-order valence-electron chi connectivity index (χ3n) is 3.25. The maximum atomic E-state index is 13.1. The fourth-order valence-electron chi connectivity index (χ4n) is 1.89. The number of benzene rings is 2. The largest absolute Gasteiger partial charge is 0.391 e. The van der Waals surface area contributed by atoms with Gasteiger partial charge in [-0.25, -0.2) is 35.1 Å². The average Bonchev–Trinajstić information content (AvgIpc) is 2.64. The molecule has 0 amide bonds. The van der Waals surface area contributed by atoms with E-state index in [0.717, 1.165) is 7.11 Å². The van der Waals surface area contributed by atoms with Crippen LogP contribution in [0.5, 0.6) is 0 Å². The quantitative estimate of drug-likeness (QED) is 0.605. The second-order valence-corrected chi connectivity index (χ2v) is 4.91. The molecule has 0 saturated carbocycles. The van der Waals surface area contributed by atoms with Gasteiger partial charge in [-0.3, -0.25) is 0 Å². The summed E-state index contributed by atoms with van der Waals surface area (Å²) < 4.78 is 106. The van der Waals surface area contributed by atoms with E-state index in [1.165, 1.54) is 0 Å². The van der Waals surface area contributed by atoms with E-state index in [2.05, 4.69) is 4.74 Å². The average molecular weight is 404 g/mol. The van der Waals surface area contributed by atoms with Crippen LogP contribution in [-0.4, -0.2) is 17.3 Å². The van der Waals surface area contributed by atoms with E-state index < -0.39 is 83.0 Å². The molecule has 0 aliphatic rings. The molecule has 2 aromatic rings. The number of ether oxygens (including phenoxy) is 1. The van der Waals surface area contributed by atoms with Crippen molar-refractivity contribution in [3.8, 4) is 0 Å². The molecule has 0 unspecified atom stereocenters. The third kappa shape index (κ3) is 4.73. The zero-order chi connectivity index (χ0) is 20.9. The van der Waals surface area contributed by atoms with Crippen LogP contribution in [-0.2, 0) is 24.6 Å². The van der Waals surface area contributed by atoms with E-state index >= 15 is 0 Å². The van der Waals surface area contributed by atoms with Gasteiger partial charge >= 0.3 is 0 Å². The molecule has 0 bridgehead atoms. The summed E-state index contributed by atoms with van der Waals surface area (Å²) >= 11 is 0. The molecule has 3 nitrogen and oxygen atoms in total. The number of aliphatic hydroxyl groups is 2. The Labute approximate surface area is 147 Å². The molecule has 0 spiro atoms. The maximum Gasteiger partial charge on any atom is 0.167 e. The number of halogens is 8. The van der Waals surface area contributed by atoms with Crippen LogP contribution in [0, 0.1) is 46.5 Å². The van der Waals surface area contributed by atoms with Gasteiger partial charge in [0.25, 0.3) is 0 Å². The summed E-state index contributed by atoms with van der Waals surface area (Å²) in [4.78, 5) is 0. The van der Waals surface area contributed by atoms with E-state index in [9.17, 15) is 35.1 Å². The molecule has 2 rings (SSSR count). The number of rotatable bonds is 4. The Morgan fingerprint density at radius 1 is 0.630 bits per heavy atom. The zero-order valence-corrected chi connectivity index (χ0v) is 13.5. The summed E-state index contributed by atoms with van der Waals surface area (Å²) in [6, 6.07) is 0.0871. The van der Waals surface area contributed by atoms with Gasteiger partial charge in [0, 0.05) is 13.2 Å². The van der Waals surface area contributed by atoms with Gasteiger partial charge in [-0.05, 0) is 0 Å². The SMILES string of the molecule is COCc1c(F)c(F)c(CO)c(F)c1F.OCc1c(F)c(F)cc(F)c1F. The standard InChI is InChI=1S/C9H8F4O2.C7H4F4O/c1-15-3-5-8(12)6(10)4(2-14)7(11)9(5)13;8-4-1-5(9)7(11)3(2-12)6(4)10/h14H,2-3H2,1H3;1,12H,2H2. The fraction of sp³-hybridized carbons (Fsp3) is 0.250. The van der Waals surface area contributed by atoms with Gasteiger partial charge < -0.3 is 14.9 Å². The van der Waals surface area contributed by atoms with Gasteiger partial charge in [-0.15, -0.1) is 0 Å². The molecule has 0 aromatic heterocycles. The van der Waals surface area contributed by atoms with E-state index in [-0.39, 0.29) is 6.07 Å². The highest BCUT2D eigenvalue weighted by Crippen LogP contribution is 2.24. The molecular weight excluding hydrogens is 392 g/mol. The minimum Gasteiger partial charge on any atom is -0.391 e. The Morgan fingerprint density at radius 3 is 1.30 bits per heavy atom. The lowest BCUT2D eigenvalue weighted by Crippen LogP contribution is -2.09. The molecule has 11 heteroatoms. The third-order valence-corrected chi connectivity index (χ3v) is 3.25. The fourth-order valence-corrected chi connectivity index (χ4v) is 1.89. The minimum atomic E-state index is -1.59. The summed E-state index contributed by atoms with van der Waals surface area (Å²) in [5.74, 6) is -12.4. The van der Waals surface area contributed by atoms with E-state index in [1.54, 1.807) is 0 Å². The summed E-state index contributed by atoms with van der Waals surface area (Å²) in [5.41, 5.74) is -2.85. The summed E-state index contributed by atoms with van der Waals surface area (Å²) in [7, 11) is 1.13. The first-order valence-corrected chi connectivity index (χ1v) is 6.98. The van der Waals surface area contributed by atoms with Crippen LogP contribution in [0.2, 0.25) is 0 Å². The Bertz CT molecular complexity index is 771. The summed E-state index contributed by atoms with van der Waals surface area (Å²) in [5, 5.41) is 16.9. The van der Waals surface area contributed by atoms with Crippen LogP contribution in [0.4, 0.5) is 35.1 Å². The van der Waals surface area contributed by atoms with Crippen LogP contribution < -0.4 is 0 Å². The topological polar surface area (TPSA) is 49.7 Å². The van der Waals surface area contributed by atoms with Crippen LogP contribution in [0.3, 0.4) is 0 Å². The number of aliphatic hydroxyl groups excluding tert-OH is 2. The van der Waals surface area contributed by atoms with E-state index in [1.807, 2.05) is 0 Å². The molecule has 0 aliphatic carbocycles. The second-order valence-electron chi connectivity index (χ2n) is 4.91. The molecular formula is C16H12F8O3. The Hall–Kier alpha value is -2.24. The first-order chi connectivity index (χ1) is 12.6. The van der Waals surface area contributed by atoms with Crippen molar-refractivity contribution < 1.29 is 50.1 Å². The number of hydrogen-bond acceptors (Lipinski definition) is 3. The monoisotopic (exact) mass is 404 g/mol. The predicted octanol–water partition coefficient (Wildman–Crippen LogP) is 3.62. The van der Waals surface area contributed by atoms with Crippen molar-refractivity contribution in [1.82, 2.24) is 0 Å². The molecule has 0 aliphatic heterocycles. The van der Waals surface area contributed by atoms with Crippen LogP contribution in [0.15, 0.2) is 6.07 Å². The molecule has 2 N–H and O–H groups in total. The van der Waals surface area contributed by atoms with Gasteiger partial charge in [-0.1, -0.05) is 0 Å². The van der Waals surface area contributed by atoms with Crippen molar-refractivity contribution in [3.63, 3.8) is 0 Å². The summed E-state index contributed by atoms with van der Waals surface area (Å²) in [6.07, 6.45) is 0. The Morgan fingerprint density at radius 2 is 0.963 bits per heavy atom. The normalized spacial score (nSPS) is 10.6. The lowest BCUT2D eigenvalue weighted by Gasteiger charge is -2.09. The van der Waals surface area contributed by atoms with Gasteiger partial charge in [0.05, 0.1) is 36.5 Å². The van der Waals surface area contributed by atoms with Crippen molar-refractivity contribution in [1.29, 1.82) is 0 Å². The van der Waals surface area contributed by atoms with Crippen LogP contribution in [0.1, 0.15) is 16.7 Å². The zero-order valence-electron chi connectivity index (χ0n) is 13.5. The molecule has 0 atom stereocenters. The van der Waals surface area contributed by atoms with Gasteiger partial charge in [0.1, 0.15) is 0 Å².